The number of nitrogens with zero attached hydrogens (tertiary/aromatic N) is 3. The minimum absolute atomic E-state index is 0.0831. The van der Waals surface area contributed by atoms with Crippen molar-refractivity contribution in [1.29, 1.82) is 0 Å². The van der Waals surface area contributed by atoms with Crippen molar-refractivity contribution in [3.8, 4) is 0 Å². The highest BCUT2D eigenvalue weighted by Gasteiger charge is 2.42. The number of rotatable bonds is 4. The highest BCUT2D eigenvalue weighted by molar-refractivity contribution is 6.30. The Balaban J connectivity index is 1.85. The van der Waals surface area contributed by atoms with Crippen molar-refractivity contribution in [2.75, 3.05) is 20.2 Å². The number of esters is 1. The SMILES string of the molecule is COC(=O)[C@@H]1CN(C(C)c2ccc(Cl)cc2)C[C@H]1c1cncn1C. The maximum absolute atomic E-state index is 12.3. The molecule has 3 rings (SSSR count). The van der Waals surface area contributed by atoms with Crippen LogP contribution in [0.3, 0.4) is 0 Å². The maximum Gasteiger partial charge on any atom is 0.310 e. The number of halogens is 1. The summed E-state index contributed by atoms with van der Waals surface area (Å²) in [6, 6.07) is 8.09. The molecule has 24 heavy (non-hydrogen) atoms. The zero-order chi connectivity index (χ0) is 17.3. The molecular formula is C18H22ClN3O2. The summed E-state index contributed by atoms with van der Waals surface area (Å²) in [5.74, 6) is -0.258. The second kappa shape index (κ2) is 6.95. The van der Waals surface area contributed by atoms with Gasteiger partial charge in [-0.3, -0.25) is 9.69 Å². The van der Waals surface area contributed by atoms with Gasteiger partial charge in [-0.05, 0) is 24.6 Å². The van der Waals surface area contributed by atoms with Crippen LogP contribution in [0.5, 0.6) is 0 Å². The molecule has 1 saturated heterocycles. The fourth-order valence-electron chi connectivity index (χ4n) is 3.52. The van der Waals surface area contributed by atoms with Gasteiger partial charge < -0.3 is 9.30 Å². The molecular weight excluding hydrogens is 326 g/mol. The largest absolute Gasteiger partial charge is 0.469 e. The van der Waals surface area contributed by atoms with Crippen LogP contribution in [0.1, 0.15) is 30.1 Å². The summed E-state index contributed by atoms with van der Waals surface area (Å²) in [4.78, 5) is 18.8. The van der Waals surface area contributed by atoms with E-state index < -0.39 is 0 Å². The number of aryl methyl sites for hydroxylation is 1. The summed E-state index contributed by atoms with van der Waals surface area (Å²) in [6.45, 7) is 3.62. The summed E-state index contributed by atoms with van der Waals surface area (Å²) in [5, 5.41) is 0.729. The molecule has 0 bridgehead atoms. The van der Waals surface area contributed by atoms with Crippen LogP contribution in [-0.2, 0) is 16.6 Å². The molecule has 6 heteroatoms. The molecule has 2 aromatic rings. The number of hydrogen-bond acceptors (Lipinski definition) is 4. The maximum atomic E-state index is 12.3. The third-order valence-electron chi connectivity index (χ3n) is 4.99. The molecule has 1 aromatic carbocycles. The average molecular weight is 348 g/mol. The van der Waals surface area contributed by atoms with Gasteiger partial charge in [-0.15, -0.1) is 0 Å². The molecule has 0 spiro atoms. The van der Waals surface area contributed by atoms with E-state index in [9.17, 15) is 4.79 Å². The van der Waals surface area contributed by atoms with E-state index in [1.165, 1.54) is 12.7 Å². The van der Waals surface area contributed by atoms with Crippen molar-refractivity contribution in [3.63, 3.8) is 0 Å². The van der Waals surface area contributed by atoms with Gasteiger partial charge in [0.05, 0.1) is 19.4 Å². The normalized spacial score (nSPS) is 22.5. The summed E-state index contributed by atoms with van der Waals surface area (Å²) in [7, 11) is 3.41. The van der Waals surface area contributed by atoms with Crippen molar-refractivity contribution in [2.24, 2.45) is 13.0 Å². The number of ether oxygens (including phenoxy) is 1. The second-order valence-corrected chi connectivity index (χ2v) is 6.78. The van der Waals surface area contributed by atoms with Gasteiger partial charge in [-0.2, -0.15) is 0 Å². The molecule has 5 nitrogen and oxygen atoms in total. The summed E-state index contributed by atoms with van der Waals surface area (Å²) in [6.07, 6.45) is 3.62. The molecule has 0 aliphatic carbocycles. The number of benzene rings is 1. The van der Waals surface area contributed by atoms with E-state index >= 15 is 0 Å². The lowest BCUT2D eigenvalue weighted by molar-refractivity contribution is -0.145. The number of hydrogen-bond donors (Lipinski definition) is 0. The van der Waals surface area contributed by atoms with E-state index in [1.807, 2.05) is 42.1 Å². The van der Waals surface area contributed by atoms with Crippen molar-refractivity contribution in [3.05, 3.63) is 53.1 Å². The standard InChI is InChI=1S/C18H22ClN3O2/c1-12(13-4-6-14(19)7-5-13)22-9-15(16(10-22)18(23)24-3)17-8-20-11-21(17)2/h4-8,11-12,15-16H,9-10H2,1-3H3/t12?,15-,16-/m1/s1. The van der Waals surface area contributed by atoms with Crippen molar-refractivity contribution in [1.82, 2.24) is 14.5 Å². The summed E-state index contributed by atoms with van der Waals surface area (Å²) < 4.78 is 7.02. The topological polar surface area (TPSA) is 47.4 Å². The Morgan fingerprint density at radius 1 is 1.33 bits per heavy atom. The first kappa shape index (κ1) is 17.0. The van der Waals surface area contributed by atoms with Crippen molar-refractivity contribution >= 4 is 17.6 Å². The molecule has 0 saturated carbocycles. The Hall–Kier alpha value is -1.85. The number of methoxy groups -OCH3 is 1. The molecule has 1 aliphatic rings. The molecule has 1 aromatic heterocycles. The number of carbonyl (C=O) groups is 1. The number of carbonyl (C=O) groups excluding carboxylic acids is 1. The van der Waals surface area contributed by atoms with Crippen LogP contribution in [0.4, 0.5) is 0 Å². The Labute approximate surface area is 147 Å². The summed E-state index contributed by atoms with van der Waals surface area (Å²) in [5.41, 5.74) is 2.25. The minimum atomic E-state index is -0.180. The number of likely N-dealkylation sites (tertiary alicyclic amines) is 1. The third-order valence-corrected chi connectivity index (χ3v) is 5.24. The monoisotopic (exact) mass is 347 g/mol. The van der Waals surface area contributed by atoms with E-state index in [0.29, 0.717) is 6.54 Å². The second-order valence-electron chi connectivity index (χ2n) is 6.35. The van der Waals surface area contributed by atoms with E-state index in [-0.39, 0.29) is 23.8 Å². The average Bonchev–Trinajstić information content (AvgIpc) is 3.20. The van der Waals surface area contributed by atoms with Crippen LogP contribution in [0.25, 0.3) is 0 Å². The summed E-state index contributed by atoms with van der Waals surface area (Å²) >= 11 is 5.98. The van der Waals surface area contributed by atoms with Crippen LogP contribution in [0, 0.1) is 5.92 Å². The number of aromatic nitrogens is 2. The van der Waals surface area contributed by atoms with E-state index in [4.69, 9.17) is 16.3 Å². The van der Waals surface area contributed by atoms with Crippen molar-refractivity contribution in [2.45, 2.75) is 18.9 Å². The van der Waals surface area contributed by atoms with Gasteiger partial charge in [0.1, 0.15) is 0 Å². The van der Waals surface area contributed by atoms with Crippen LogP contribution in [0.15, 0.2) is 36.8 Å². The van der Waals surface area contributed by atoms with Gasteiger partial charge in [0, 0.05) is 49.0 Å². The van der Waals surface area contributed by atoms with Gasteiger partial charge in [-0.25, -0.2) is 4.98 Å². The van der Waals surface area contributed by atoms with Crippen LogP contribution >= 0.6 is 11.6 Å². The molecule has 2 heterocycles. The van der Waals surface area contributed by atoms with E-state index in [2.05, 4.69) is 16.8 Å². The molecule has 1 unspecified atom stereocenters. The van der Waals surface area contributed by atoms with Gasteiger partial charge >= 0.3 is 5.97 Å². The Bertz CT molecular complexity index is 713. The molecule has 3 atom stereocenters. The van der Waals surface area contributed by atoms with Crippen LogP contribution < -0.4 is 0 Å². The highest BCUT2D eigenvalue weighted by Crippen LogP contribution is 2.37. The Kier molecular flexibility index (Phi) is 4.92. The molecule has 1 aliphatic heterocycles. The zero-order valence-electron chi connectivity index (χ0n) is 14.1. The Morgan fingerprint density at radius 3 is 2.62 bits per heavy atom. The highest BCUT2D eigenvalue weighted by atomic mass is 35.5. The fourth-order valence-corrected chi connectivity index (χ4v) is 3.64. The molecule has 1 fully saturated rings. The fraction of sp³-hybridized carbons (Fsp3) is 0.444. The molecule has 0 radical (unpaired) electrons. The molecule has 0 amide bonds. The minimum Gasteiger partial charge on any atom is -0.469 e. The van der Waals surface area contributed by atoms with Crippen LogP contribution in [0.2, 0.25) is 5.02 Å². The van der Waals surface area contributed by atoms with E-state index in [0.717, 1.165) is 17.3 Å². The molecule has 0 N–H and O–H groups in total. The first-order chi connectivity index (χ1) is 11.5. The zero-order valence-corrected chi connectivity index (χ0v) is 14.9. The lowest BCUT2D eigenvalue weighted by Gasteiger charge is -2.24. The first-order valence-electron chi connectivity index (χ1n) is 8.04. The van der Waals surface area contributed by atoms with Gasteiger partial charge in [0.15, 0.2) is 0 Å². The first-order valence-corrected chi connectivity index (χ1v) is 8.42. The van der Waals surface area contributed by atoms with Gasteiger partial charge in [0.25, 0.3) is 0 Å². The van der Waals surface area contributed by atoms with Gasteiger partial charge in [-0.1, -0.05) is 23.7 Å². The van der Waals surface area contributed by atoms with Gasteiger partial charge in [0.2, 0.25) is 0 Å². The smallest absolute Gasteiger partial charge is 0.310 e. The Morgan fingerprint density at radius 2 is 2.04 bits per heavy atom. The van der Waals surface area contributed by atoms with Crippen molar-refractivity contribution < 1.29 is 9.53 Å². The molecule has 128 valence electrons. The number of imidazole rings is 1. The quantitative estimate of drug-likeness (QED) is 0.798. The predicted molar refractivity (Wildman–Crippen MR) is 92.9 cm³/mol. The predicted octanol–water partition coefficient (Wildman–Crippen LogP) is 3.02. The third kappa shape index (κ3) is 3.19. The van der Waals surface area contributed by atoms with Crippen LogP contribution in [-0.4, -0.2) is 40.6 Å². The van der Waals surface area contributed by atoms with E-state index in [1.54, 1.807) is 6.33 Å². The lowest BCUT2D eigenvalue weighted by Crippen LogP contribution is -2.26. The lowest BCUT2D eigenvalue weighted by atomic mass is 9.93.